The van der Waals surface area contributed by atoms with Gasteiger partial charge in [-0.1, -0.05) is 0 Å². The number of carbonyl (C=O) groups excluding carboxylic acids is 2. The van der Waals surface area contributed by atoms with E-state index in [2.05, 4.69) is 0 Å². The summed E-state index contributed by atoms with van der Waals surface area (Å²) < 4.78 is 0. The molecule has 0 atom stereocenters. The molecule has 0 heterocycles. The van der Waals surface area contributed by atoms with Gasteiger partial charge in [0.2, 0.25) is 0 Å². The van der Waals surface area contributed by atoms with Crippen LogP contribution in [0, 0.1) is 0 Å². The van der Waals surface area contributed by atoms with Crippen molar-refractivity contribution in [1.29, 1.82) is 0 Å². The molecule has 7 heavy (non-hydrogen) atoms. The van der Waals surface area contributed by atoms with Crippen LogP contribution >= 0.6 is 0 Å². The van der Waals surface area contributed by atoms with Crippen LogP contribution in [-0.2, 0) is 9.59 Å². The Morgan fingerprint density at radius 1 is 1.14 bits per heavy atom. The van der Waals surface area contributed by atoms with Crippen molar-refractivity contribution in [2.45, 2.75) is 6.42 Å². The third kappa shape index (κ3) is 22.0. The first-order chi connectivity index (χ1) is 2.41. The minimum absolute atomic E-state index is 0. The Kier molecular flexibility index (Phi) is 36.4. The van der Waals surface area contributed by atoms with Crippen LogP contribution in [0.15, 0.2) is 0 Å². The van der Waals surface area contributed by atoms with Gasteiger partial charge in [0.15, 0.2) is 0 Å². The van der Waals surface area contributed by atoms with Crippen LogP contribution in [-0.4, -0.2) is 18.0 Å². The van der Waals surface area contributed by atoms with E-state index in [1.165, 1.54) is 0 Å². The number of aldehydes is 2. The Morgan fingerprint density at radius 3 is 1.43 bits per heavy atom. The average Bonchev–Trinajstić information content (AvgIpc) is 1.41. The van der Waals surface area contributed by atoms with Gasteiger partial charge in [0.25, 0.3) is 0 Å². The molecule has 0 saturated heterocycles. The van der Waals surface area contributed by atoms with Crippen molar-refractivity contribution in [3.63, 3.8) is 0 Å². The van der Waals surface area contributed by atoms with Gasteiger partial charge in [0.1, 0.15) is 12.6 Å². The Bertz CT molecular complexity index is 39.4. The fourth-order valence-electron chi connectivity index (χ4n) is 0.0393. The zero-order valence-corrected chi connectivity index (χ0v) is 6.18. The van der Waals surface area contributed by atoms with E-state index in [1.54, 1.807) is 0 Å². The molecule has 36 valence electrons. The second-order valence-electron chi connectivity index (χ2n) is 0.569. The van der Waals surface area contributed by atoms with Gasteiger partial charge in [-0.05, 0) is 0 Å². The molecule has 0 aromatic carbocycles. The first kappa shape index (κ1) is 15.7. The van der Waals surface area contributed by atoms with Crippen molar-refractivity contribution in [2.75, 3.05) is 0 Å². The van der Waals surface area contributed by atoms with Gasteiger partial charge < -0.3 is 15.1 Å². The molecule has 0 fully saturated rings. The van der Waals surface area contributed by atoms with Crippen LogP contribution in [0.25, 0.3) is 0 Å². The Balaban J connectivity index is -0.0000000800. The molecular formula is C3H6NaO3+. The summed E-state index contributed by atoms with van der Waals surface area (Å²) in [6, 6.07) is 0. The molecule has 0 aliphatic heterocycles. The van der Waals surface area contributed by atoms with E-state index in [1.807, 2.05) is 0 Å². The maximum absolute atomic E-state index is 9.17. The molecule has 2 N–H and O–H groups in total. The summed E-state index contributed by atoms with van der Waals surface area (Å²) in [4.78, 5) is 18.3. The van der Waals surface area contributed by atoms with E-state index < -0.39 is 0 Å². The third-order valence-electron chi connectivity index (χ3n) is 0.192. The molecule has 0 unspecified atom stereocenters. The molecule has 0 saturated carbocycles. The number of carbonyl (C=O) groups is 2. The van der Waals surface area contributed by atoms with E-state index in [0.29, 0.717) is 12.6 Å². The smallest absolute Gasteiger partial charge is 0.412 e. The quantitative estimate of drug-likeness (QED) is 0.208. The zero-order valence-electron chi connectivity index (χ0n) is 4.18. The van der Waals surface area contributed by atoms with Crippen LogP contribution < -0.4 is 29.6 Å². The van der Waals surface area contributed by atoms with Gasteiger partial charge in [-0.25, -0.2) is 0 Å². The fourth-order valence-corrected chi connectivity index (χ4v) is 0.0393. The van der Waals surface area contributed by atoms with Crippen molar-refractivity contribution in [3.05, 3.63) is 0 Å². The van der Waals surface area contributed by atoms with Gasteiger partial charge in [-0.15, -0.1) is 0 Å². The first-order valence-electron chi connectivity index (χ1n) is 1.29. The van der Waals surface area contributed by atoms with Crippen LogP contribution in [0.5, 0.6) is 0 Å². The number of hydrogen-bond acceptors (Lipinski definition) is 2. The molecule has 0 amide bonds. The first-order valence-corrected chi connectivity index (χ1v) is 1.29. The standard InChI is InChI=1S/C3H4O2.Na.H2O/c4-2-1-3-5;;/h2-3H,1H2;;1H2/q;+1;. The maximum atomic E-state index is 9.17. The summed E-state index contributed by atoms with van der Waals surface area (Å²) in [5.41, 5.74) is 0. The minimum atomic E-state index is 0. The molecule has 0 aliphatic rings. The van der Waals surface area contributed by atoms with E-state index >= 15 is 0 Å². The van der Waals surface area contributed by atoms with Gasteiger partial charge in [-0.2, -0.15) is 0 Å². The van der Waals surface area contributed by atoms with Crippen LogP contribution in [0.2, 0.25) is 0 Å². The van der Waals surface area contributed by atoms with Gasteiger partial charge in [0, 0.05) is 0 Å². The van der Waals surface area contributed by atoms with E-state index in [0.717, 1.165) is 0 Å². The van der Waals surface area contributed by atoms with E-state index in [-0.39, 0.29) is 41.5 Å². The Morgan fingerprint density at radius 2 is 1.43 bits per heavy atom. The average molecular weight is 113 g/mol. The second-order valence-corrected chi connectivity index (χ2v) is 0.569. The molecule has 3 nitrogen and oxygen atoms in total. The second kappa shape index (κ2) is 16.3. The molecule has 4 heteroatoms. The van der Waals surface area contributed by atoms with Crippen molar-refractivity contribution < 1.29 is 44.6 Å². The van der Waals surface area contributed by atoms with Crippen LogP contribution in [0.3, 0.4) is 0 Å². The molecule has 0 rings (SSSR count). The summed E-state index contributed by atoms with van der Waals surface area (Å²) in [5.74, 6) is 0. The summed E-state index contributed by atoms with van der Waals surface area (Å²) in [5, 5.41) is 0. The van der Waals surface area contributed by atoms with Crippen molar-refractivity contribution in [2.24, 2.45) is 0 Å². The SMILES string of the molecule is O.O=CCC=O.[Na+]. The van der Waals surface area contributed by atoms with Crippen LogP contribution in [0.1, 0.15) is 6.42 Å². The predicted molar refractivity (Wildman–Crippen MR) is 20.4 cm³/mol. The van der Waals surface area contributed by atoms with Crippen molar-refractivity contribution >= 4 is 12.6 Å². The normalized spacial score (nSPS) is 4.57. The summed E-state index contributed by atoms with van der Waals surface area (Å²) in [6.45, 7) is 0. The monoisotopic (exact) mass is 113 g/mol. The molecule has 0 radical (unpaired) electrons. The fraction of sp³-hybridized carbons (Fsp3) is 0.333. The molecular weight excluding hydrogens is 107 g/mol. The van der Waals surface area contributed by atoms with E-state index in [4.69, 9.17) is 0 Å². The predicted octanol–water partition coefficient (Wildman–Crippen LogP) is -4.05. The van der Waals surface area contributed by atoms with Gasteiger partial charge in [0.05, 0.1) is 6.42 Å². The molecule has 0 aromatic rings. The largest absolute Gasteiger partial charge is 1.00 e. The van der Waals surface area contributed by atoms with Gasteiger partial charge in [-0.3, -0.25) is 0 Å². The zero-order chi connectivity index (χ0) is 4.12. The topological polar surface area (TPSA) is 65.6 Å². The van der Waals surface area contributed by atoms with Gasteiger partial charge >= 0.3 is 29.6 Å². The minimum Gasteiger partial charge on any atom is -0.412 e. The maximum Gasteiger partial charge on any atom is 1.00 e. The Labute approximate surface area is 63.7 Å². The molecule has 0 aliphatic carbocycles. The van der Waals surface area contributed by atoms with E-state index in [9.17, 15) is 9.59 Å². The van der Waals surface area contributed by atoms with Crippen molar-refractivity contribution in [1.82, 2.24) is 0 Å². The summed E-state index contributed by atoms with van der Waals surface area (Å²) >= 11 is 0. The van der Waals surface area contributed by atoms with Crippen molar-refractivity contribution in [3.8, 4) is 0 Å². The third-order valence-corrected chi connectivity index (χ3v) is 0.192. The number of hydrogen-bond donors (Lipinski definition) is 0. The molecule has 0 spiro atoms. The summed E-state index contributed by atoms with van der Waals surface area (Å²) in [6.07, 6.45) is 1.15. The number of rotatable bonds is 2. The van der Waals surface area contributed by atoms with Crippen LogP contribution in [0.4, 0.5) is 0 Å². The summed E-state index contributed by atoms with van der Waals surface area (Å²) in [7, 11) is 0. The molecule has 0 bridgehead atoms. The molecule has 0 aromatic heterocycles. The Hall–Kier alpha value is 0.300.